The van der Waals surface area contributed by atoms with Gasteiger partial charge in [0.25, 0.3) is 5.91 Å². The first-order valence-electron chi connectivity index (χ1n) is 7.33. The van der Waals surface area contributed by atoms with Crippen molar-refractivity contribution >= 4 is 17.9 Å². The number of nitrogens with one attached hydrogen (secondary N) is 2. The molecule has 1 rings (SSSR count). The van der Waals surface area contributed by atoms with Gasteiger partial charge < -0.3 is 10.1 Å². The molecule has 0 aromatic heterocycles. The molecule has 0 saturated carbocycles. The molecule has 0 aliphatic rings. The molecule has 0 saturated heterocycles. The SMILES string of the molecule is CC(C)NC(=O)NC(=O)[C@@H](C)OC(=O)CCc1ccc(F)cc1. The lowest BCUT2D eigenvalue weighted by Crippen LogP contribution is -2.46. The molecule has 0 aliphatic heterocycles. The molecule has 126 valence electrons. The molecular formula is C16H21FN2O4. The summed E-state index contributed by atoms with van der Waals surface area (Å²) in [6.45, 7) is 4.89. The van der Waals surface area contributed by atoms with Gasteiger partial charge in [-0.3, -0.25) is 14.9 Å². The molecule has 1 aromatic rings. The van der Waals surface area contributed by atoms with Crippen molar-refractivity contribution in [2.24, 2.45) is 0 Å². The van der Waals surface area contributed by atoms with Crippen LogP contribution in [0, 0.1) is 5.82 Å². The number of hydrogen-bond acceptors (Lipinski definition) is 4. The van der Waals surface area contributed by atoms with Crippen molar-refractivity contribution in [2.75, 3.05) is 0 Å². The number of amides is 3. The normalized spacial score (nSPS) is 11.7. The highest BCUT2D eigenvalue weighted by Crippen LogP contribution is 2.07. The molecule has 6 nitrogen and oxygen atoms in total. The van der Waals surface area contributed by atoms with Crippen molar-refractivity contribution in [2.45, 2.75) is 45.8 Å². The van der Waals surface area contributed by atoms with Gasteiger partial charge in [-0.25, -0.2) is 9.18 Å². The maximum absolute atomic E-state index is 12.8. The number of carbonyl (C=O) groups is 3. The fraction of sp³-hybridized carbons (Fsp3) is 0.438. The van der Waals surface area contributed by atoms with E-state index in [2.05, 4.69) is 10.6 Å². The van der Waals surface area contributed by atoms with Crippen molar-refractivity contribution in [3.63, 3.8) is 0 Å². The van der Waals surface area contributed by atoms with Crippen LogP contribution in [0.2, 0.25) is 0 Å². The minimum Gasteiger partial charge on any atom is -0.453 e. The Balaban J connectivity index is 2.36. The van der Waals surface area contributed by atoms with Crippen molar-refractivity contribution in [1.82, 2.24) is 10.6 Å². The van der Waals surface area contributed by atoms with E-state index in [1.807, 2.05) is 0 Å². The van der Waals surface area contributed by atoms with E-state index >= 15 is 0 Å². The van der Waals surface area contributed by atoms with Gasteiger partial charge in [-0.1, -0.05) is 12.1 Å². The van der Waals surface area contributed by atoms with Crippen LogP contribution in [0.3, 0.4) is 0 Å². The van der Waals surface area contributed by atoms with E-state index in [1.54, 1.807) is 26.0 Å². The van der Waals surface area contributed by atoms with Gasteiger partial charge >= 0.3 is 12.0 Å². The Morgan fingerprint density at radius 3 is 2.30 bits per heavy atom. The van der Waals surface area contributed by atoms with Gasteiger partial charge in [-0.2, -0.15) is 0 Å². The summed E-state index contributed by atoms with van der Waals surface area (Å²) < 4.78 is 17.7. The monoisotopic (exact) mass is 324 g/mol. The number of esters is 1. The standard InChI is InChI=1S/C16H21FN2O4/c1-10(2)18-16(22)19-15(21)11(3)23-14(20)9-6-12-4-7-13(17)8-5-12/h4-5,7-8,10-11H,6,9H2,1-3H3,(H2,18,19,21,22)/t11-/m1/s1. The molecule has 3 amide bonds. The summed E-state index contributed by atoms with van der Waals surface area (Å²) in [5.74, 6) is -1.61. The fourth-order valence-electron chi connectivity index (χ4n) is 1.72. The first kappa shape index (κ1) is 18.6. The third-order valence-electron chi connectivity index (χ3n) is 2.87. The molecule has 1 atom stereocenters. The summed E-state index contributed by atoms with van der Waals surface area (Å²) >= 11 is 0. The van der Waals surface area contributed by atoms with E-state index in [0.717, 1.165) is 5.56 Å². The van der Waals surface area contributed by atoms with Gasteiger partial charge in [0.15, 0.2) is 6.10 Å². The van der Waals surface area contributed by atoms with Gasteiger partial charge in [0, 0.05) is 12.5 Å². The summed E-state index contributed by atoms with van der Waals surface area (Å²) in [5, 5.41) is 4.58. The van der Waals surface area contributed by atoms with Gasteiger partial charge in [0.2, 0.25) is 0 Å². The number of ether oxygens (including phenoxy) is 1. The van der Waals surface area contributed by atoms with Gasteiger partial charge in [-0.15, -0.1) is 0 Å². The largest absolute Gasteiger partial charge is 0.453 e. The fourth-order valence-corrected chi connectivity index (χ4v) is 1.72. The van der Waals surface area contributed by atoms with Crippen molar-refractivity contribution in [3.8, 4) is 0 Å². The number of aryl methyl sites for hydroxylation is 1. The molecule has 0 aliphatic carbocycles. The number of benzene rings is 1. The zero-order chi connectivity index (χ0) is 17.4. The third kappa shape index (κ3) is 7.39. The molecule has 0 bridgehead atoms. The average Bonchev–Trinajstić information content (AvgIpc) is 2.45. The van der Waals surface area contributed by atoms with Crippen molar-refractivity contribution in [3.05, 3.63) is 35.6 Å². The van der Waals surface area contributed by atoms with Gasteiger partial charge in [0.1, 0.15) is 5.82 Å². The number of carbonyl (C=O) groups excluding carboxylic acids is 3. The Morgan fingerprint density at radius 2 is 1.74 bits per heavy atom. The molecule has 0 radical (unpaired) electrons. The maximum Gasteiger partial charge on any atom is 0.321 e. The minimum absolute atomic E-state index is 0.0570. The second-order valence-electron chi connectivity index (χ2n) is 5.38. The zero-order valence-electron chi connectivity index (χ0n) is 13.4. The first-order valence-corrected chi connectivity index (χ1v) is 7.33. The Labute approximate surface area is 134 Å². The van der Waals surface area contributed by atoms with Crippen LogP contribution in [0.5, 0.6) is 0 Å². The number of halogens is 1. The summed E-state index contributed by atoms with van der Waals surface area (Å²) in [6, 6.07) is 5.02. The Hall–Kier alpha value is -2.44. The van der Waals surface area contributed by atoms with Crippen LogP contribution >= 0.6 is 0 Å². The summed E-state index contributed by atoms with van der Waals surface area (Å²) in [7, 11) is 0. The molecular weight excluding hydrogens is 303 g/mol. The number of rotatable bonds is 6. The molecule has 1 aromatic carbocycles. The van der Waals surface area contributed by atoms with Crippen LogP contribution < -0.4 is 10.6 Å². The van der Waals surface area contributed by atoms with E-state index in [9.17, 15) is 18.8 Å². The Bertz CT molecular complexity index is 558. The molecule has 7 heteroatoms. The predicted molar refractivity (Wildman–Crippen MR) is 82.1 cm³/mol. The molecule has 0 unspecified atom stereocenters. The number of hydrogen-bond donors (Lipinski definition) is 2. The van der Waals surface area contributed by atoms with E-state index in [0.29, 0.717) is 6.42 Å². The van der Waals surface area contributed by atoms with Crippen LogP contribution in [-0.2, 0) is 20.7 Å². The topological polar surface area (TPSA) is 84.5 Å². The maximum atomic E-state index is 12.8. The van der Waals surface area contributed by atoms with Crippen molar-refractivity contribution < 1.29 is 23.5 Å². The summed E-state index contributed by atoms with van der Waals surface area (Å²) in [4.78, 5) is 34.8. The van der Waals surface area contributed by atoms with Crippen LogP contribution in [0.1, 0.15) is 32.8 Å². The lowest BCUT2D eigenvalue weighted by molar-refractivity contribution is -0.154. The van der Waals surface area contributed by atoms with Crippen LogP contribution in [0.25, 0.3) is 0 Å². The van der Waals surface area contributed by atoms with E-state index in [1.165, 1.54) is 19.1 Å². The summed E-state index contributed by atoms with van der Waals surface area (Å²) in [5.41, 5.74) is 0.789. The molecule has 0 spiro atoms. The number of imide groups is 1. The Morgan fingerprint density at radius 1 is 1.13 bits per heavy atom. The molecule has 0 fully saturated rings. The van der Waals surface area contributed by atoms with Crippen LogP contribution in [-0.4, -0.2) is 30.1 Å². The lowest BCUT2D eigenvalue weighted by atomic mass is 10.1. The molecule has 23 heavy (non-hydrogen) atoms. The average molecular weight is 324 g/mol. The van der Waals surface area contributed by atoms with Crippen LogP contribution in [0.15, 0.2) is 24.3 Å². The predicted octanol–water partition coefficient (Wildman–Crippen LogP) is 1.92. The highest BCUT2D eigenvalue weighted by Gasteiger charge is 2.20. The van der Waals surface area contributed by atoms with Crippen molar-refractivity contribution in [1.29, 1.82) is 0 Å². The van der Waals surface area contributed by atoms with E-state index < -0.39 is 24.0 Å². The Kier molecular flexibility index (Phi) is 7.18. The van der Waals surface area contributed by atoms with E-state index in [4.69, 9.17) is 4.74 Å². The smallest absolute Gasteiger partial charge is 0.321 e. The van der Waals surface area contributed by atoms with Gasteiger partial charge in [0.05, 0.1) is 0 Å². The second kappa shape index (κ2) is 8.87. The molecule has 0 heterocycles. The second-order valence-corrected chi connectivity index (χ2v) is 5.38. The lowest BCUT2D eigenvalue weighted by Gasteiger charge is -2.14. The highest BCUT2D eigenvalue weighted by molar-refractivity contribution is 5.97. The summed E-state index contributed by atoms with van der Waals surface area (Å²) in [6.07, 6.45) is -0.642. The quantitative estimate of drug-likeness (QED) is 0.783. The highest BCUT2D eigenvalue weighted by atomic mass is 19.1. The third-order valence-corrected chi connectivity index (χ3v) is 2.87. The minimum atomic E-state index is -1.08. The van der Waals surface area contributed by atoms with Gasteiger partial charge in [-0.05, 0) is 44.9 Å². The zero-order valence-corrected chi connectivity index (χ0v) is 13.4. The molecule has 2 N–H and O–H groups in total. The first-order chi connectivity index (χ1) is 10.8. The van der Waals surface area contributed by atoms with Crippen LogP contribution in [0.4, 0.5) is 9.18 Å². The van der Waals surface area contributed by atoms with E-state index in [-0.39, 0.29) is 18.3 Å². The number of urea groups is 1.